The molecule has 0 radical (unpaired) electrons. The van der Waals surface area contributed by atoms with Crippen molar-refractivity contribution >= 4 is 23.7 Å². The summed E-state index contributed by atoms with van der Waals surface area (Å²) in [5, 5.41) is 12.2. The highest BCUT2D eigenvalue weighted by atomic mass is 32.2. The number of anilines is 1. The van der Waals surface area contributed by atoms with Gasteiger partial charge >= 0.3 is 12.2 Å². The second-order valence-corrected chi connectivity index (χ2v) is 4.79. The fraction of sp³-hybridized carbons (Fsp3) is 0.444. The molecule has 0 spiro atoms. The maximum Gasteiger partial charge on any atom is 0.451 e. The summed E-state index contributed by atoms with van der Waals surface area (Å²) in [6.07, 6.45) is -4.59. The number of aryl methyl sites for hydroxylation is 1. The van der Waals surface area contributed by atoms with Crippen LogP contribution in [0.2, 0.25) is 0 Å². The van der Waals surface area contributed by atoms with E-state index < -0.39 is 17.9 Å². The summed E-state index contributed by atoms with van der Waals surface area (Å²) < 4.78 is 43.0. The molecule has 2 aromatic heterocycles. The van der Waals surface area contributed by atoms with Gasteiger partial charge in [-0.3, -0.25) is 10.1 Å². The van der Waals surface area contributed by atoms with E-state index in [9.17, 15) is 18.0 Å². The Morgan fingerprint density at radius 1 is 1.43 bits per heavy atom. The number of thioether (sulfide) groups is 1. The van der Waals surface area contributed by atoms with E-state index in [1.54, 1.807) is 6.92 Å². The quantitative estimate of drug-likeness (QED) is 0.846. The largest absolute Gasteiger partial charge is 0.451 e. The average Bonchev–Trinajstić information content (AvgIpc) is 2.92. The van der Waals surface area contributed by atoms with Gasteiger partial charge < -0.3 is 9.09 Å². The van der Waals surface area contributed by atoms with Crippen LogP contribution in [0, 0.1) is 6.92 Å². The molecule has 0 atom stereocenters. The van der Waals surface area contributed by atoms with Crippen molar-refractivity contribution < 1.29 is 22.5 Å². The Balaban J connectivity index is 1.94. The van der Waals surface area contributed by atoms with Gasteiger partial charge in [-0.05, 0) is 6.92 Å². The fourth-order valence-corrected chi connectivity index (χ4v) is 2.03. The third kappa shape index (κ3) is 3.71. The number of hydrogen-bond donors (Lipinski definition) is 1. The number of aromatic nitrogens is 5. The molecule has 2 rings (SSSR count). The molecular weight excluding hydrogens is 313 g/mol. The molecule has 2 heterocycles. The average molecular weight is 322 g/mol. The lowest BCUT2D eigenvalue weighted by Crippen LogP contribution is -2.15. The maximum atomic E-state index is 12.5. The Bertz CT molecular complexity index is 652. The van der Waals surface area contributed by atoms with Gasteiger partial charge in [-0.25, -0.2) is 0 Å². The van der Waals surface area contributed by atoms with Crippen LogP contribution in [0.15, 0.2) is 9.68 Å². The summed E-state index contributed by atoms with van der Waals surface area (Å²) >= 11 is 0.806. The van der Waals surface area contributed by atoms with Crippen LogP contribution in [0.1, 0.15) is 11.6 Å². The molecule has 0 saturated heterocycles. The van der Waals surface area contributed by atoms with Gasteiger partial charge in [0.1, 0.15) is 0 Å². The van der Waals surface area contributed by atoms with Crippen LogP contribution in [0.3, 0.4) is 0 Å². The number of rotatable bonds is 4. The second-order valence-electron chi connectivity index (χ2n) is 3.85. The SMILES string of the molecule is Cc1noc(NC(=O)CSc2nnc(C(F)(F)F)n2C)n1. The number of nitrogens with one attached hydrogen (secondary N) is 1. The molecule has 8 nitrogen and oxygen atoms in total. The first kappa shape index (κ1) is 15.3. The lowest BCUT2D eigenvalue weighted by molar-refractivity contribution is -0.147. The minimum Gasteiger partial charge on any atom is -0.315 e. The van der Waals surface area contributed by atoms with Crippen molar-refractivity contribution in [3.05, 3.63) is 11.6 Å². The van der Waals surface area contributed by atoms with Crippen molar-refractivity contribution in [2.24, 2.45) is 7.05 Å². The van der Waals surface area contributed by atoms with E-state index in [1.807, 2.05) is 0 Å². The number of amides is 1. The monoisotopic (exact) mass is 322 g/mol. The van der Waals surface area contributed by atoms with Gasteiger partial charge in [0.2, 0.25) is 11.7 Å². The highest BCUT2D eigenvalue weighted by molar-refractivity contribution is 7.99. The molecule has 12 heteroatoms. The fourth-order valence-electron chi connectivity index (χ4n) is 1.32. The molecule has 0 bridgehead atoms. The van der Waals surface area contributed by atoms with Crippen LogP contribution in [0.25, 0.3) is 0 Å². The zero-order chi connectivity index (χ0) is 15.6. The highest BCUT2D eigenvalue weighted by Crippen LogP contribution is 2.29. The van der Waals surface area contributed by atoms with E-state index >= 15 is 0 Å². The Morgan fingerprint density at radius 2 is 2.14 bits per heavy atom. The molecule has 0 aliphatic rings. The lowest BCUT2D eigenvalue weighted by atomic mass is 10.6. The molecule has 0 aromatic carbocycles. The van der Waals surface area contributed by atoms with Gasteiger partial charge in [0.25, 0.3) is 0 Å². The van der Waals surface area contributed by atoms with Gasteiger partial charge in [0.15, 0.2) is 11.0 Å². The molecule has 0 aliphatic carbocycles. The molecule has 0 unspecified atom stereocenters. The number of carbonyl (C=O) groups excluding carboxylic acids is 1. The van der Waals surface area contributed by atoms with E-state index in [-0.39, 0.29) is 16.9 Å². The molecule has 1 amide bonds. The van der Waals surface area contributed by atoms with Crippen molar-refractivity contribution in [3.8, 4) is 0 Å². The second kappa shape index (κ2) is 5.71. The summed E-state index contributed by atoms with van der Waals surface area (Å²) in [7, 11) is 1.17. The van der Waals surface area contributed by atoms with Gasteiger partial charge in [-0.1, -0.05) is 16.9 Å². The maximum absolute atomic E-state index is 12.5. The predicted molar refractivity (Wildman–Crippen MR) is 64.4 cm³/mol. The first-order valence-corrected chi connectivity index (χ1v) is 6.45. The number of halogens is 3. The third-order valence-corrected chi connectivity index (χ3v) is 3.21. The number of alkyl halides is 3. The van der Waals surface area contributed by atoms with Gasteiger partial charge in [-0.2, -0.15) is 18.2 Å². The molecule has 0 fully saturated rings. The van der Waals surface area contributed by atoms with Gasteiger partial charge in [0.05, 0.1) is 5.75 Å². The molecule has 0 saturated carbocycles. The van der Waals surface area contributed by atoms with Crippen LogP contribution in [-0.2, 0) is 18.0 Å². The molecule has 21 heavy (non-hydrogen) atoms. The molecule has 0 aliphatic heterocycles. The van der Waals surface area contributed by atoms with Gasteiger partial charge in [-0.15, -0.1) is 10.2 Å². The Morgan fingerprint density at radius 3 is 2.67 bits per heavy atom. The van der Waals surface area contributed by atoms with E-state index in [2.05, 4.69) is 30.2 Å². The van der Waals surface area contributed by atoms with Crippen molar-refractivity contribution in [1.29, 1.82) is 0 Å². The zero-order valence-electron chi connectivity index (χ0n) is 10.8. The highest BCUT2D eigenvalue weighted by Gasteiger charge is 2.37. The Hall–Kier alpha value is -2.11. The van der Waals surface area contributed by atoms with Crippen LogP contribution in [0.4, 0.5) is 19.2 Å². The van der Waals surface area contributed by atoms with Crippen molar-refractivity contribution in [2.45, 2.75) is 18.3 Å². The Labute approximate surface area is 120 Å². The number of nitrogens with zero attached hydrogens (tertiary/aromatic N) is 5. The zero-order valence-corrected chi connectivity index (χ0v) is 11.6. The molecule has 2 aromatic rings. The minimum atomic E-state index is -4.59. The molecule has 1 N–H and O–H groups in total. The number of carbonyl (C=O) groups is 1. The summed E-state index contributed by atoms with van der Waals surface area (Å²) in [5.74, 6) is -1.47. The molecule has 114 valence electrons. The standard InChI is InChI=1S/C9H9F3N6O2S/c1-4-13-7(20-17-4)14-5(19)3-21-8-16-15-6(18(8)2)9(10,11)12/h3H2,1-2H3,(H,13,14,17,19). The summed E-state index contributed by atoms with van der Waals surface area (Å²) in [6, 6.07) is -0.0768. The van der Waals surface area contributed by atoms with E-state index in [0.29, 0.717) is 5.82 Å². The topological polar surface area (TPSA) is 98.7 Å². The lowest BCUT2D eigenvalue weighted by Gasteiger charge is -2.05. The smallest absolute Gasteiger partial charge is 0.315 e. The normalized spacial score (nSPS) is 11.7. The van der Waals surface area contributed by atoms with Crippen molar-refractivity contribution in [3.63, 3.8) is 0 Å². The first-order chi connectivity index (χ1) is 9.77. The van der Waals surface area contributed by atoms with Crippen molar-refractivity contribution in [1.82, 2.24) is 24.9 Å². The minimum absolute atomic E-state index is 0.0285. The van der Waals surface area contributed by atoms with E-state index in [4.69, 9.17) is 0 Å². The van der Waals surface area contributed by atoms with Gasteiger partial charge in [0, 0.05) is 7.05 Å². The number of hydrogen-bond acceptors (Lipinski definition) is 7. The predicted octanol–water partition coefficient (Wildman–Crippen LogP) is 1.26. The van der Waals surface area contributed by atoms with Crippen LogP contribution in [0.5, 0.6) is 0 Å². The van der Waals surface area contributed by atoms with Crippen LogP contribution in [-0.4, -0.2) is 36.6 Å². The summed E-state index contributed by atoms with van der Waals surface area (Å²) in [5.41, 5.74) is 0. The first-order valence-electron chi connectivity index (χ1n) is 5.47. The third-order valence-electron chi connectivity index (χ3n) is 2.19. The van der Waals surface area contributed by atoms with E-state index in [0.717, 1.165) is 16.3 Å². The van der Waals surface area contributed by atoms with Crippen LogP contribution < -0.4 is 5.32 Å². The molecular formula is C9H9F3N6O2S. The Kier molecular flexibility index (Phi) is 4.16. The van der Waals surface area contributed by atoms with Crippen LogP contribution >= 0.6 is 11.8 Å². The summed E-state index contributed by atoms with van der Waals surface area (Å²) in [6.45, 7) is 1.58. The van der Waals surface area contributed by atoms with Crippen molar-refractivity contribution in [2.75, 3.05) is 11.1 Å². The van der Waals surface area contributed by atoms with E-state index in [1.165, 1.54) is 7.05 Å². The summed E-state index contributed by atoms with van der Waals surface area (Å²) in [4.78, 5) is 15.3.